The molecule has 0 radical (unpaired) electrons. The molecule has 22 heavy (non-hydrogen) atoms. The van der Waals surface area contributed by atoms with Gasteiger partial charge < -0.3 is 11.1 Å². The van der Waals surface area contributed by atoms with Crippen LogP contribution in [0.2, 0.25) is 0 Å². The molecule has 3 N–H and O–H groups in total. The lowest BCUT2D eigenvalue weighted by molar-refractivity contribution is 0.579. The first-order chi connectivity index (χ1) is 10.4. The van der Waals surface area contributed by atoms with Crippen molar-refractivity contribution in [3.63, 3.8) is 0 Å². The van der Waals surface area contributed by atoms with E-state index in [4.69, 9.17) is 5.73 Å². The van der Waals surface area contributed by atoms with E-state index in [1.807, 2.05) is 26.0 Å². The van der Waals surface area contributed by atoms with Crippen LogP contribution in [-0.2, 0) is 6.42 Å². The van der Waals surface area contributed by atoms with Crippen LogP contribution < -0.4 is 11.1 Å². The first kappa shape index (κ1) is 15.9. The fourth-order valence-corrected chi connectivity index (χ4v) is 2.29. The lowest BCUT2D eigenvalue weighted by Crippen LogP contribution is -2.23. The number of rotatable bonds is 4. The van der Waals surface area contributed by atoms with E-state index >= 15 is 0 Å². The van der Waals surface area contributed by atoms with Crippen molar-refractivity contribution >= 4 is 11.6 Å². The van der Waals surface area contributed by atoms with Gasteiger partial charge in [0.1, 0.15) is 11.6 Å². The van der Waals surface area contributed by atoms with E-state index in [1.54, 1.807) is 0 Å². The predicted octanol–water partition coefficient (Wildman–Crippen LogP) is 3.55. The molecule has 0 saturated heterocycles. The number of hydrogen-bond acceptors (Lipinski definition) is 1. The van der Waals surface area contributed by atoms with Crippen LogP contribution in [0.3, 0.4) is 0 Å². The smallest absolute Gasteiger partial charge is 0.193 e. The second-order valence-electron chi connectivity index (χ2n) is 5.30. The van der Waals surface area contributed by atoms with Crippen LogP contribution in [-0.4, -0.2) is 12.5 Å². The van der Waals surface area contributed by atoms with Gasteiger partial charge in [0, 0.05) is 18.3 Å². The van der Waals surface area contributed by atoms with Crippen molar-refractivity contribution in [2.45, 2.75) is 20.3 Å². The Labute approximate surface area is 128 Å². The summed E-state index contributed by atoms with van der Waals surface area (Å²) in [5.41, 5.74) is 9.51. The van der Waals surface area contributed by atoms with Gasteiger partial charge in [-0.1, -0.05) is 6.07 Å². The number of hydrogen-bond donors (Lipinski definition) is 2. The van der Waals surface area contributed by atoms with Crippen LogP contribution in [0.4, 0.5) is 14.5 Å². The van der Waals surface area contributed by atoms with E-state index in [0.29, 0.717) is 18.5 Å². The molecule has 0 spiro atoms. The summed E-state index contributed by atoms with van der Waals surface area (Å²) in [6.45, 7) is 4.36. The molecule has 2 aromatic carbocycles. The normalized spacial score (nSPS) is 11.5. The summed E-state index contributed by atoms with van der Waals surface area (Å²) >= 11 is 0. The van der Waals surface area contributed by atoms with E-state index < -0.39 is 11.6 Å². The Morgan fingerprint density at radius 1 is 1.00 bits per heavy atom. The van der Waals surface area contributed by atoms with E-state index in [9.17, 15) is 8.78 Å². The van der Waals surface area contributed by atoms with Crippen molar-refractivity contribution < 1.29 is 8.78 Å². The van der Waals surface area contributed by atoms with E-state index in [0.717, 1.165) is 22.9 Å². The zero-order valence-electron chi connectivity index (χ0n) is 12.7. The second kappa shape index (κ2) is 7.02. The minimum absolute atomic E-state index is 0.280. The topological polar surface area (TPSA) is 50.4 Å². The average molecular weight is 303 g/mol. The van der Waals surface area contributed by atoms with Gasteiger partial charge in [0.05, 0.1) is 0 Å². The molecule has 0 aliphatic carbocycles. The molecule has 0 heterocycles. The third-order valence-corrected chi connectivity index (χ3v) is 3.10. The molecule has 116 valence electrons. The largest absolute Gasteiger partial charge is 0.370 e. The number of nitrogens with one attached hydrogen (secondary N) is 1. The molecule has 0 unspecified atom stereocenters. The lowest BCUT2D eigenvalue weighted by Gasteiger charge is -2.08. The van der Waals surface area contributed by atoms with Gasteiger partial charge in [0.25, 0.3) is 0 Å². The molecular formula is C17H19F2N3. The minimum Gasteiger partial charge on any atom is -0.370 e. The van der Waals surface area contributed by atoms with Gasteiger partial charge in [0.2, 0.25) is 0 Å². The summed E-state index contributed by atoms with van der Waals surface area (Å²) < 4.78 is 26.1. The van der Waals surface area contributed by atoms with E-state index in [-0.39, 0.29) is 5.96 Å². The molecule has 0 fully saturated rings. The summed E-state index contributed by atoms with van der Waals surface area (Å²) in [6, 6.07) is 9.45. The van der Waals surface area contributed by atoms with Crippen LogP contribution in [0.1, 0.15) is 16.7 Å². The SMILES string of the molecule is Cc1cc(C)cc(NC(N)=NCCc2cc(F)cc(F)c2)c1. The zero-order valence-corrected chi connectivity index (χ0v) is 12.7. The second-order valence-corrected chi connectivity index (χ2v) is 5.30. The van der Waals surface area contributed by atoms with Crippen LogP contribution in [0.5, 0.6) is 0 Å². The van der Waals surface area contributed by atoms with Crippen LogP contribution in [0, 0.1) is 25.5 Å². The van der Waals surface area contributed by atoms with Crippen molar-refractivity contribution in [1.29, 1.82) is 0 Å². The molecule has 2 rings (SSSR count). The fourth-order valence-electron chi connectivity index (χ4n) is 2.29. The number of nitrogens with zero attached hydrogens (tertiary/aromatic N) is 1. The molecule has 0 aliphatic rings. The summed E-state index contributed by atoms with van der Waals surface area (Å²) in [7, 11) is 0. The predicted molar refractivity (Wildman–Crippen MR) is 86.1 cm³/mol. The highest BCUT2D eigenvalue weighted by atomic mass is 19.1. The number of halogens is 2. The van der Waals surface area contributed by atoms with Crippen LogP contribution in [0.25, 0.3) is 0 Å². The van der Waals surface area contributed by atoms with Gasteiger partial charge in [-0.3, -0.25) is 4.99 Å². The molecule has 3 nitrogen and oxygen atoms in total. The number of guanidine groups is 1. The Balaban J connectivity index is 1.95. The molecule has 0 atom stereocenters. The van der Waals surface area contributed by atoms with Crippen LogP contribution >= 0.6 is 0 Å². The third kappa shape index (κ3) is 4.84. The molecule has 0 aliphatic heterocycles. The van der Waals surface area contributed by atoms with Gasteiger partial charge in [0.15, 0.2) is 5.96 Å². The quantitative estimate of drug-likeness (QED) is 0.670. The van der Waals surface area contributed by atoms with Crippen molar-refractivity contribution in [2.75, 3.05) is 11.9 Å². The maximum Gasteiger partial charge on any atom is 0.193 e. The highest BCUT2D eigenvalue weighted by Crippen LogP contribution is 2.13. The van der Waals surface area contributed by atoms with Gasteiger partial charge >= 0.3 is 0 Å². The van der Waals surface area contributed by atoms with Crippen molar-refractivity contribution in [3.05, 3.63) is 64.7 Å². The Morgan fingerprint density at radius 3 is 2.18 bits per heavy atom. The van der Waals surface area contributed by atoms with Gasteiger partial charge in [-0.15, -0.1) is 0 Å². The summed E-state index contributed by atoms with van der Waals surface area (Å²) in [4.78, 5) is 4.17. The van der Waals surface area contributed by atoms with Gasteiger partial charge in [-0.25, -0.2) is 8.78 Å². The number of aliphatic imine (C=N–C) groups is 1. The number of nitrogens with two attached hydrogens (primary N) is 1. The first-order valence-electron chi connectivity index (χ1n) is 7.02. The highest BCUT2D eigenvalue weighted by Gasteiger charge is 2.01. The van der Waals surface area contributed by atoms with E-state index in [2.05, 4.69) is 16.4 Å². The lowest BCUT2D eigenvalue weighted by atomic mass is 10.1. The number of aryl methyl sites for hydroxylation is 2. The number of anilines is 1. The fraction of sp³-hybridized carbons (Fsp3) is 0.235. The Kier molecular flexibility index (Phi) is 5.09. The first-order valence-corrected chi connectivity index (χ1v) is 7.02. The van der Waals surface area contributed by atoms with Crippen molar-refractivity contribution in [3.8, 4) is 0 Å². The summed E-state index contributed by atoms with van der Waals surface area (Å²) in [6.07, 6.45) is 0.421. The van der Waals surface area contributed by atoms with Gasteiger partial charge in [-0.2, -0.15) is 0 Å². The molecule has 2 aromatic rings. The average Bonchev–Trinajstić information content (AvgIpc) is 2.35. The summed E-state index contributed by atoms with van der Waals surface area (Å²) in [5.74, 6) is -0.887. The van der Waals surface area contributed by atoms with E-state index in [1.165, 1.54) is 12.1 Å². The van der Waals surface area contributed by atoms with Crippen LogP contribution in [0.15, 0.2) is 41.4 Å². The summed E-state index contributed by atoms with van der Waals surface area (Å²) in [5, 5.41) is 3.01. The highest BCUT2D eigenvalue weighted by molar-refractivity contribution is 5.92. The number of benzene rings is 2. The Hall–Kier alpha value is -2.43. The maximum absolute atomic E-state index is 13.1. The zero-order chi connectivity index (χ0) is 16.1. The maximum atomic E-state index is 13.1. The molecule has 0 bridgehead atoms. The standard InChI is InChI=1S/C17H19F2N3/c1-11-5-12(2)7-16(6-11)22-17(20)21-4-3-13-8-14(18)10-15(19)9-13/h5-10H,3-4H2,1-2H3,(H3,20,21,22). The van der Waals surface area contributed by atoms with Gasteiger partial charge in [-0.05, 0) is 61.2 Å². The minimum atomic E-state index is -0.583. The molecule has 0 saturated carbocycles. The molecule has 5 heteroatoms. The van der Waals surface area contributed by atoms with Crippen molar-refractivity contribution in [2.24, 2.45) is 10.7 Å². The molecular weight excluding hydrogens is 284 g/mol. The van der Waals surface area contributed by atoms with Crippen molar-refractivity contribution in [1.82, 2.24) is 0 Å². The monoisotopic (exact) mass is 303 g/mol. The molecule has 0 aromatic heterocycles. The Morgan fingerprint density at radius 2 is 1.59 bits per heavy atom. The molecule has 0 amide bonds. The third-order valence-electron chi connectivity index (χ3n) is 3.10. The Bertz CT molecular complexity index is 656.